The SMILES string of the molecule is CC1CC(C)(C)CC(c2ccc(C(=O)O)cc2)(c2ccc(C(=O)O)cc2)C1. The van der Waals surface area contributed by atoms with Crippen LogP contribution in [-0.4, -0.2) is 22.2 Å². The molecule has 2 N–H and O–H groups in total. The van der Waals surface area contributed by atoms with E-state index in [-0.39, 0.29) is 22.0 Å². The summed E-state index contributed by atoms with van der Waals surface area (Å²) in [4.78, 5) is 22.5. The molecule has 0 aromatic heterocycles. The van der Waals surface area contributed by atoms with Crippen LogP contribution in [0.2, 0.25) is 0 Å². The third-order valence-electron chi connectivity index (χ3n) is 5.75. The number of hydrogen-bond acceptors (Lipinski definition) is 2. The predicted molar refractivity (Wildman–Crippen MR) is 104 cm³/mol. The van der Waals surface area contributed by atoms with E-state index in [1.165, 1.54) is 0 Å². The van der Waals surface area contributed by atoms with Gasteiger partial charge in [0.25, 0.3) is 0 Å². The van der Waals surface area contributed by atoms with Crippen LogP contribution >= 0.6 is 0 Å². The Bertz CT molecular complexity index is 789. The molecule has 1 fully saturated rings. The normalized spacial score (nSPS) is 20.8. The van der Waals surface area contributed by atoms with Gasteiger partial charge in [-0.25, -0.2) is 9.59 Å². The molecule has 1 saturated carbocycles. The first-order valence-corrected chi connectivity index (χ1v) is 9.31. The van der Waals surface area contributed by atoms with Crippen LogP contribution in [0.5, 0.6) is 0 Å². The minimum Gasteiger partial charge on any atom is -0.478 e. The number of benzene rings is 2. The Kier molecular flexibility index (Phi) is 4.85. The van der Waals surface area contributed by atoms with Crippen LogP contribution in [0.15, 0.2) is 48.5 Å². The van der Waals surface area contributed by atoms with Crippen LogP contribution in [0.3, 0.4) is 0 Å². The first-order chi connectivity index (χ1) is 12.6. The quantitative estimate of drug-likeness (QED) is 0.778. The molecule has 1 unspecified atom stereocenters. The van der Waals surface area contributed by atoms with Crippen molar-refractivity contribution < 1.29 is 19.8 Å². The largest absolute Gasteiger partial charge is 0.478 e. The van der Waals surface area contributed by atoms with Crippen molar-refractivity contribution in [2.24, 2.45) is 11.3 Å². The van der Waals surface area contributed by atoms with Crippen molar-refractivity contribution >= 4 is 11.9 Å². The van der Waals surface area contributed by atoms with Gasteiger partial charge in [0.2, 0.25) is 0 Å². The third-order valence-corrected chi connectivity index (χ3v) is 5.75. The third kappa shape index (κ3) is 3.75. The van der Waals surface area contributed by atoms with Gasteiger partial charge < -0.3 is 10.2 Å². The van der Waals surface area contributed by atoms with Gasteiger partial charge in [0.15, 0.2) is 0 Å². The van der Waals surface area contributed by atoms with Crippen LogP contribution in [0, 0.1) is 11.3 Å². The van der Waals surface area contributed by atoms with Gasteiger partial charge in [-0.3, -0.25) is 0 Å². The second kappa shape index (κ2) is 6.84. The van der Waals surface area contributed by atoms with E-state index in [1.54, 1.807) is 24.3 Å². The molecule has 0 heterocycles. The fraction of sp³-hybridized carbons (Fsp3) is 0.391. The molecule has 142 valence electrons. The summed E-state index contributed by atoms with van der Waals surface area (Å²) in [6.07, 6.45) is 3.02. The van der Waals surface area contributed by atoms with E-state index in [1.807, 2.05) is 24.3 Å². The van der Waals surface area contributed by atoms with Gasteiger partial charge in [0.1, 0.15) is 0 Å². The Balaban J connectivity index is 2.14. The highest BCUT2D eigenvalue weighted by Gasteiger charge is 2.45. The van der Waals surface area contributed by atoms with Crippen LogP contribution < -0.4 is 0 Å². The second-order valence-corrected chi connectivity index (χ2v) is 8.70. The Morgan fingerprint density at radius 2 is 1.22 bits per heavy atom. The number of hydrogen-bond donors (Lipinski definition) is 2. The van der Waals surface area contributed by atoms with E-state index in [0.717, 1.165) is 30.4 Å². The van der Waals surface area contributed by atoms with Crippen molar-refractivity contribution in [3.63, 3.8) is 0 Å². The lowest BCUT2D eigenvalue weighted by Gasteiger charge is -2.48. The molecule has 2 aromatic carbocycles. The van der Waals surface area contributed by atoms with E-state index in [9.17, 15) is 19.8 Å². The molecule has 0 spiro atoms. The number of rotatable bonds is 4. The van der Waals surface area contributed by atoms with Crippen LogP contribution in [0.4, 0.5) is 0 Å². The standard InChI is InChI=1S/C23H26O4/c1-15-12-22(2,3)14-23(13-15,18-8-4-16(5-9-18)20(24)25)19-10-6-17(7-11-19)21(26)27/h4-11,15H,12-14H2,1-3H3,(H,24,25)(H,26,27). The molecule has 0 aliphatic heterocycles. The maximum atomic E-state index is 11.2. The highest BCUT2D eigenvalue weighted by molar-refractivity contribution is 5.88. The average molecular weight is 366 g/mol. The summed E-state index contributed by atoms with van der Waals surface area (Å²) in [6, 6.07) is 14.3. The smallest absolute Gasteiger partial charge is 0.335 e. The van der Waals surface area contributed by atoms with Crippen LogP contribution in [-0.2, 0) is 5.41 Å². The number of carboxylic acid groups (broad SMARTS) is 2. The number of aromatic carboxylic acids is 2. The summed E-state index contributed by atoms with van der Waals surface area (Å²) < 4.78 is 0. The monoisotopic (exact) mass is 366 g/mol. The topological polar surface area (TPSA) is 74.6 Å². The van der Waals surface area contributed by atoms with Gasteiger partial charge in [-0.1, -0.05) is 45.0 Å². The molecule has 0 amide bonds. The van der Waals surface area contributed by atoms with Crippen molar-refractivity contribution in [1.82, 2.24) is 0 Å². The number of carboxylic acids is 2. The molecular weight excluding hydrogens is 340 g/mol. The summed E-state index contributed by atoms with van der Waals surface area (Å²) >= 11 is 0. The lowest BCUT2D eigenvalue weighted by atomic mass is 9.55. The maximum Gasteiger partial charge on any atom is 0.335 e. The van der Waals surface area contributed by atoms with Gasteiger partial charge in [0, 0.05) is 5.41 Å². The summed E-state index contributed by atoms with van der Waals surface area (Å²) in [7, 11) is 0. The Morgan fingerprint density at radius 3 is 1.56 bits per heavy atom. The molecule has 3 rings (SSSR count). The van der Waals surface area contributed by atoms with E-state index in [2.05, 4.69) is 20.8 Å². The summed E-state index contributed by atoms with van der Waals surface area (Å²) in [5, 5.41) is 18.4. The molecular formula is C23H26O4. The fourth-order valence-electron chi connectivity index (χ4n) is 5.04. The maximum absolute atomic E-state index is 11.2. The fourth-order valence-corrected chi connectivity index (χ4v) is 5.04. The average Bonchev–Trinajstić information content (AvgIpc) is 2.60. The minimum atomic E-state index is -0.932. The molecule has 1 aliphatic carbocycles. The Morgan fingerprint density at radius 1 is 0.815 bits per heavy atom. The van der Waals surface area contributed by atoms with E-state index >= 15 is 0 Å². The first-order valence-electron chi connectivity index (χ1n) is 9.31. The van der Waals surface area contributed by atoms with Crippen molar-refractivity contribution in [2.75, 3.05) is 0 Å². The molecule has 1 aliphatic rings. The summed E-state index contributed by atoms with van der Waals surface area (Å²) in [5.41, 5.74) is 2.62. The van der Waals surface area contributed by atoms with Crippen molar-refractivity contribution in [1.29, 1.82) is 0 Å². The van der Waals surface area contributed by atoms with E-state index in [0.29, 0.717) is 5.92 Å². The van der Waals surface area contributed by atoms with Crippen LogP contribution in [0.1, 0.15) is 71.9 Å². The van der Waals surface area contributed by atoms with Gasteiger partial charge in [-0.2, -0.15) is 0 Å². The molecule has 0 radical (unpaired) electrons. The second-order valence-electron chi connectivity index (χ2n) is 8.70. The van der Waals surface area contributed by atoms with Crippen LogP contribution in [0.25, 0.3) is 0 Å². The van der Waals surface area contributed by atoms with E-state index < -0.39 is 11.9 Å². The molecule has 4 nitrogen and oxygen atoms in total. The zero-order valence-electron chi connectivity index (χ0n) is 16.0. The summed E-state index contributed by atoms with van der Waals surface area (Å²) in [6.45, 7) is 6.80. The predicted octanol–water partition coefficient (Wildman–Crippen LogP) is 5.22. The minimum absolute atomic E-state index is 0.134. The lowest BCUT2D eigenvalue weighted by molar-refractivity contribution is 0.0686. The summed E-state index contributed by atoms with van der Waals surface area (Å²) in [5.74, 6) is -1.36. The molecule has 2 aromatic rings. The molecule has 0 bridgehead atoms. The van der Waals surface area contributed by atoms with Gasteiger partial charge in [0.05, 0.1) is 11.1 Å². The van der Waals surface area contributed by atoms with E-state index in [4.69, 9.17) is 0 Å². The van der Waals surface area contributed by atoms with Gasteiger partial charge >= 0.3 is 11.9 Å². The Labute approximate surface area is 159 Å². The zero-order valence-corrected chi connectivity index (χ0v) is 16.0. The molecule has 27 heavy (non-hydrogen) atoms. The van der Waals surface area contributed by atoms with Crippen molar-refractivity contribution in [3.05, 3.63) is 70.8 Å². The first kappa shape index (κ1) is 19.2. The zero-order chi connectivity index (χ0) is 19.8. The number of carbonyl (C=O) groups is 2. The van der Waals surface area contributed by atoms with Gasteiger partial charge in [-0.15, -0.1) is 0 Å². The highest BCUT2D eigenvalue weighted by atomic mass is 16.4. The molecule has 1 atom stereocenters. The van der Waals surface area contributed by atoms with Crippen molar-refractivity contribution in [3.8, 4) is 0 Å². The Hall–Kier alpha value is -2.62. The molecule has 0 saturated heterocycles. The highest BCUT2D eigenvalue weighted by Crippen LogP contribution is 2.53. The van der Waals surface area contributed by atoms with Crippen molar-refractivity contribution in [2.45, 2.75) is 45.4 Å². The van der Waals surface area contributed by atoms with Gasteiger partial charge in [-0.05, 0) is 66.0 Å². The molecule has 4 heteroatoms. The lowest BCUT2D eigenvalue weighted by Crippen LogP contribution is -2.41.